The van der Waals surface area contributed by atoms with Crippen molar-refractivity contribution in [2.24, 2.45) is 0 Å². The third kappa shape index (κ3) is 8.01. The fourth-order valence-corrected chi connectivity index (χ4v) is 0.745. The molecule has 0 saturated carbocycles. The molecule has 80 valence electrons. The molecule has 0 spiro atoms. The third-order valence-electron chi connectivity index (χ3n) is 1.60. The molecule has 1 aromatic carbocycles. The highest BCUT2D eigenvalue weighted by atomic mass is 35.5. The van der Waals surface area contributed by atoms with Crippen molar-refractivity contribution in [3.63, 3.8) is 0 Å². The maximum Gasteiger partial charge on any atom is 0.139 e. The molecular formula is C10H17ClNO2+. The van der Waals surface area contributed by atoms with Gasteiger partial charge in [0, 0.05) is 5.88 Å². The first-order valence-corrected chi connectivity index (χ1v) is 4.94. The lowest BCUT2D eigenvalue weighted by Crippen LogP contribution is -2.35. The van der Waals surface area contributed by atoms with Crippen LogP contribution in [0.1, 0.15) is 12.5 Å². The molecule has 3 nitrogen and oxygen atoms in total. The van der Waals surface area contributed by atoms with Gasteiger partial charge < -0.3 is 0 Å². The van der Waals surface area contributed by atoms with E-state index in [1.807, 2.05) is 30.3 Å². The van der Waals surface area contributed by atoms with Crippen LogP contribution in [0.25, 0.3) is 0 Å². The van der Waals surface area contributed by atoms with Gasteiger partial charge >= 0.3 is 0 Å². The summed E-state index contributed by atoms with van der Waals surface area (Å²) in [5, 5.41) is 16.6. The number of hydroxylamine groups is 4. The zero-order valence-corrected chi connectivity index (χ0v) is 9.28. The monoisotopic (exact) mass is 218 g/mol. The van der Waals surface area contributed by atoms with E-state index in [0.717, 1.165) is 0 Å². The summed E-state index contributed by atoms with van der Waals surface area (Å²) in [5.74, 6) is 0.612. The molecule has 0 bridgehead atoms. The fraction of sp³-hybridized carbons (Fsp3) is 0.400. The summed E-state index contributed by atoms with van der Waals surface area (Å²) in [7, 11) is 1.29. The zero-order chi connectivity index (χ0) is 11.0. The maximum absolute atomic E-state index is 8.32. The number of benzene rings is 1. The van der Waals surface area contributed by atoms with E-state index in [9.17, 15) is 0 Å². The normalized spacial score (nSPS) is 10.4. The van der Waals surface area contributed by atoms with E-state index in [1.165, 1.54) is 12.6 Å². The highest BCUT2D eigenvalue weighted by Gasteiger charge is 2.06. The van der Waals surface area contributed by atoms with Gasteiger partial charge in [0.2, 0.25) is 0 Å². The summed E-state index contributed by atoms with van der Waals surface area (Å²) in [6, 6.07) is 9.96. The van der Waals surface area contributed by atoms with E-state index in [4.69, 9.17) is 22.0 Å². The number of nitrogens with zero attached hydrogens (tertiary/aromatic N) is 1. The van der Waals surface area contributed by atoms with E-state index in [-0.39, 0.29) is 0 Å². The van der Waals surface area contributed by atoms with Gasteiger partial charge in [-0.05, 0) is 12.5 Å². The zero-order valence-electron chi connectivity index (χ0n) is 8.52. The topological polar surface area (TPSA) is 40.5 Å². The van der Waals surface area contributed by atoms with Crippen molar-refractivity contribution in [3.05, 3.63) is 35.9 Å². The Balaban J connectivity index is 0.000000255. The van der Waals surface area contributed by atoms with Gasteiger partial charge in [-0.15, -0.1) is 11.6 Å². The molecule has 0 heterocycles. The van der Waals surface area contributed by atoms with Crippen LogP contribution in [0.2, 0.25) is 0 Å². The highest BCUT2D eigenvalue weighted by molar-refractivity contribution is 6.17. The first-order valence-electron chi connectivity index (χ1n) is 4.40. The van der Waals surface area contributed by atoms with Crippen LogP contribution in [0.15, 0.2) is 30.3 Å². The lowest BCUT2D eigenvalue weighted by atomic mass is 10.2. The second kappa shape index (κ2) is 6.79. The predicted octanol–water partition coefficient (Wildman–Crippen LogP) is 2.66. The van der Waals surface area contributed by atoms with Gasteiger partial charge in [0.15, 0.2) is 0 Å². The number of hydrogen-bond donors (Lipinski definition) is 2. The summed E-state index contributed by atoms with van der Waals surface area (Å²) in [6.07, 6.45) is 0. The van der Waals surface area contributed by atoms with E-state index < -0.39 is 4.81 Å². The molecule has 1 aromatic rings. The molecular weight excluding hydrogens is 202 g/mol. The van der Waals surface area contributed by atoms with Crippen molar-refractivity contribution in [1.29, 1.82) is 0 Å². The average molecular weight is 219 g/mol. The third-order valence-corrected chi connectivity index (χ3v) is 1.90. The minimum atomic E-state index is -0.931. The minimum Gasteiger partial charge on any atom is -0.182 e. The first kappa shape index (κ1) is 13.4. The molecule has 4 heteroatoms. The molecule has 0 fully saturated rings. The predicted molar refractivity (Wildman–Crippen MR) is 56.3 cm³/mol. The molecule has 0 atom stereocenters. The van der Waals surface area contributed by atoms with Crippen molar-refractivity contribution in [3.8, 4) is 0 Å². The molecule has 0 aromatic heterocycles. The number of rotatable bonds is 2. The molecule has 2 N–H and O–H groups in total. The van der Waals surface area contributed by atoms with Crippen LogP contribution in [0.3, 0.4) is 0 Å². The minimum absolute atomic E-state index is 0.319. The second-order valence-corrected chi connectivity index (χ2v) is 3.29. The van der Waals surface area contributed by atoms with Crippen molar-refractivity contribution < 1.29 is 15.2 Å². The maximum atomic E-state index is 8.32. The summed E-state index contributed by atoms with van der Waals surface area (Å²) in [4.78, 5) is -0.931. The van der Waals surface area contributed by atoms with Gasteiger partial charge in [-0.25, -0.2) is 0 Å². The van der Waals surface area contributed by atoms with Crippen LogP contribution in [-0.4, -0.2) is 28.8 Å². The van der Waals surface area contributed by atoms with Crippen molar-refractivity contribution in [2.75, 3.05) is 13.6 Å². The molecule has 0 unspecified atom stereocenters. The number of hydrogen-bond acceptors (Lipinski definition) is 2. The van der Waals surface area contributed by atoms with Crippen LogP contribution >= 0.6 is 11.6 Å². The molecule has 0 aliphatic carbocycles. The molecule has 0 radical (unpaired) electrons. The van der Waals surface area contributed by atoms with Gasteiger partial charge in [0.25, 0.3) is 0 Å². The second-order valence-electron chi connectivity index (χ2n) is 3.02. The highest BCUT2D eigenvalue weighted by Crippen LogP contribution is 2.00. The lowest BCUT2D eigenvalue weighted by Gasteiger charge is -2.10. The molecule has 0 saturated heterocycles. The van der Waals surface area contributed by atoms with Crippen molar-refractivity contribution >= 4 is 11.6 Å². The number of halogens is 1. The average Bonchev–Trinajstić information content (AvgIpc) is 2.19. The van der Waals surface area contributed by atoms with Gasteiger partial charge in [-0.2, -0.15) is 10.4 Å². The summed E-state index contributed by atoms with van der Waals surface area (Å²) >= 11 is 5.53. The molecule has 14 heavy (non-hydrogen) atoms. The Hall–Kier alpha value is -0.610. The summed E-state index contributed by atoms with van der Waals surface area (Å²) in [6.45, 7) is 2.00. The summed E-state index contributed by atoms with van der Waals surface area (Å²) < 4.78 is 0. The largest absolute Gasteiger partial charge is 0.182 e. The number of quaternary nitrogens is 1. The molecule has 0 aliphatic heterocycles. The quantitative estimate of drug-likeness (QED) is 0.455. The lowest BCUT2D eigenvalue weighted by molar-refractivity contribution is -1.23. The molecule has 1 rings (SSSR count). The van der Waals surface area contributed by atoms with E-state index in [0.29, 0.717) is 12.4 Å². The standard InChI is InChI=1S/C7H7Cl.C3H10NO2/c8-6-7-4-2-1-3-5-7;1-3-4(2,5)6/h1-5H,6H2;5-6H,3H2,1-2H3/q;+1. The van der Waals surface area contributed by atoms with E-state index in [2.05, 4.69) is 0 Å². The van der Waals surface area contributed by atoms with E-state index >= 15 is 0 Å². The van der Waals surface area contributed by atoms with Crippen LogP contribution < -0.4 is 0 Å². The van der Waals surface area contributed by atoms with Crippen molar-refractivity contribution in [2.45, 2.75) is 12.8 Å². The van der Waals surface area contributed by atoms with Gasteiger partial charge in [-0.1, -0.05) is 35.1 Å². The Morgan fingerprint density at radius 3 is 1.86 bits per heavy atom. The van der Waals surface area contributed by atoms with Crippen molar-refractivity contribution in [1.82, 2.24) is 0 Å². The number of alkyl halides is 1. The van der Waals surface area contributed by atoms with Crippen LogP contribution in [0.4, 0.5) is 0 Å². The fourth-order valence-electron chi connectivity index (χ4n) is 0.567. The Kier molecular flexibility index (Phi) is 6.49. The Morgan fingerprint density at radius 1 is 1.21 bits per heavy atom. The Labute approximate surface area is 89.7 Å². The first-order chi connectivity index (χ1) is 6.49. The molecule has 0 aliphatic rings. The van der Waals surface area contributed by atoms with Gasteiger partial charge in [-0.3, -0.25) is 0 Å². The van der Waals surface area contributed by atoms with Crippen LogP contribution in [0, 0.1) is 0 Å². The Morgan fingerprint density at radius 2 is 1.64 bits per heavy atom. The van der Waals surface area contributed by atoms with Crippen LogP contribution in [-0.2, 0) is 5.88 Å². The smallest absolute Gasteiger partial charge is 0.139 e. The van der Waals surface area contributed by atoms with Crippen LogP contribution in [0.5, 0.6) is 0 Å². The van der Waals surface area contributed by atoms with Gasteiger partial charge in [0.05, 0.1) is 0 Å². The van der Waals surface area contributed by atoms with Gasteiger partial charge in [0.1, 0.15) is 13.6 Å². The van der Waals surface area contributed by atoms with E-state index in [1.54, 1.807) is 6.92 Å². The SMILES string of the molecule is CC[N+](C)(O)O.ClCc1ccccc1. The molecule has 0 amide bonds. The Bertz CT molecular complexity index is 234. The summed E-state index contributed by atoms with van der Waals surface area (Å²) in [5.41, 5.74) is 1.18.